The van der Waals surface area contributed by atoms with Gasteiger partial charge in [0.1, 0.15) is 0 Å². The van der Waals surface area contributed by atoms with Gasteiger partial charge < -0.3 is 10.5 Å². The van der Waals surface area contributed by atoms with Crippen LogP contribution < -0.4 is 5.73 Å². The van der Waals surface area contributed by atoms with Gasteiger partial charge >= 0.3 is 0 Å². The SMILES string of the molecule is CCCOCCC(CN)Cc1cccc(C)c1. The van der Waals surface area contributed by atoms with E-state index in [1.807, 2.05) is 0 Å². The Morgan fingerprint density at radius 2 is 2.12 bits per heavy atom. The maximum absolute atomic E-state index is 5.82. The van der Waals surface area contributed by atoms with Gasteiger partial charge in [0.15, 0.2) is 0 Å². The van der Waals surface area contributed by atoms with Gasteiger partial charge in [0.25, 0.3) is 0 Å². The van der Waals surface area contributed by atoms with Gasteiger partial charge in [0.2, 0.25) is 0 Å². The van der Waals surface area contributed by atoms with Crippen LogP contribution >= 0.6 is 0 Å². The molecule has 1 atom stereocenters. The fraction of sp³-hybridized carbons (Fsp3) is 0.600. The van der Waals surface area contributed by atoms with Crippen LogP contribution in [-0.4, -0.2) is 19.8 Å². The van der Waals surface area contributed by atoms with Crippen molar-refractivity contribution in [1.29, 1.82) is 0 Å². The summed E-state index contributed by atoms with van der Waals surface area (Å²) in [5.41, 5.74) is 8.52. The molecule has 2 N–H and O–H groups in total. The zero-order valence-corrected chi connectivity index (χ0v) is 11.1. The predicted octanol–water partition coefficient (Wildman–Crippen LogP) is 2.93. The van der Waals surface area contributed by atoms with Gasteiger partial charge in [0, 0.05) is 13.2 Å². The highest BCUT2D eigenvalue weighted by Crippen LogP contribution is 2.13. The molecule has 2 heteroatoms. The second-order valence-electron chi connectivity index (χ2n) is 4.70. The highest BCUT2D eigenvalue weighted by atomic mass is 16.5. The molecule has 0 aliphatic carbocycles. The first-order chi connectivity index (χ1) is 8.26. The number of nitrogens with two attached hydrogens (primary N) is 1. The van der Waals surface area contributed by atoms with Crippen molar-refractivity contribution in [2.75, 3.05) is 19.8 Å². The largest absolute Gasteiger partial charge is 0.381 e. The molecule has 0 aliphatic heterocycles. The first-order valence-electron chi connectivity index (χ1n) is 6.59. The fourth-order valence-corrected chi connectivity index (χ4v) is 1.97. The summed E-state index contributed by atoms with van der Waals surface area (Å²) in [6, 6.07) is 8.68. The molecule has 1 aromatic rings. The van der Waals surface area contributed by atoms with E-state index in [9.17, 15) is 0 Å². The van der Waals surface area contributed by atoms with Crippen molar-refractivity contribution in [2.45, 2.75) is 33.1 Å². The van der Waals surface area contributed by atoms with Crippen molar-refractivity contribution in [3.8, 4) is 0 Å². The summed E-state index contributed by atoms with van der Waals surface area (Å²) in [7, 11) is 0. The molecule has 0 fully saturated rings. The molecular weight excluding hydrogens is 210 g/mol. The standard InChI is InChI=1S/C15H25NO/c1-3-8-17-9-7-15(12-16)11-14-6-4-5-13(2)10-14/h4-6,10,15H,3,7-9,11-12,16H2,1-2H3. The summed E-state index contributed by atoms with van der Waals surface area (Å²) >= 11 is 0. The molecule has 0 amide bonds. The fourth-order valence-electron chi connectivity index (χ4n) is 1.97. The summed E-state index contributed by atoms with van der Waals surface area (Å²) in [5.74, 6) is 0.536. The van der Waals surface area contributed by atoms with Crippen LogP contribution in [0.3, 0.4) is 0 Å². The van der Waals surface area contributed by atoms with Crippen molar-refractivity contribution in [2.24, 2.45) is 11.7 Å². The molecule has 0 saturated carbocycles. The van der Waals surface area contributed by atoms with Crippen LogP contribution in [0.2, 0.25) is 0 Å². The normalized spacial score (nSPS) is 12.6. The molecule has 1 rings (SSSR count). The third-order valence-corrected chi connectivity index (χ3v) is 2.96. The molecule has 2 nitrogen and oxygen atoms in total. The molecule has 0 bridgehead atoms. The Morgan fingerprint density at radius 3 is 2.76 bits per heavy atom. The molecular formula is C15H25NO. The molecule has 0 saturated heterocycles. The van der Waals surface area contributed by atoms with Gasteiger partial charge in [0.05, 0.1) is 0 Å². The van der Waals surface area contributed by atoms with E-state index < -0.39 is 0 Å². The molecule has 0 radical (unpaired) electrons. The van der Waals surface area contributed by atoms with Crippen LogP contribution in [-0.2, 0) is 11.2 Å². The first-order valence-corrected chi connectivity index (χ1v) is 6.59. The second kappa shape index (κ2) is 8.26. The Bertz CT molecular complexity index is 312. The lowest BCUT2D eigenvalue weighted by molar-refractivity contribution is 0.121. The third-order valence-electron chi connectivity index (χ3n) is 2.96. The van der Waals surface area contributed by atoms with Gasteiger partial charge in [-0.1, -0.05) is 36.8 Å². The molecule has 1 aromatic carbocycles. The smallest absolute Gasteiger partial charge is 0.0469 e. The van der Waals surface area contributed by atoms with Crippen molar-refractivity contribution >= 4 is 0 Å². The minimum atomic E-state index is 0.536. The lowest BCUT2D eigenvalue weighted by Gasteiger charge is -2.15. The Hall–Kier alpha value is -0.860. The lowest BCUT2D eigenvalue weighted by Crippen LogP contribution is -2.19. The van der Waals surface area contributed by atoms with E-state index in [0.29, 0.717) is 5.92 Å². The summed E-state index contributed by atoms with van der Waals surface area (Å²) < 4.78 is 5.52. The maximum Gasteiger partial charge on any atom is 0.0469 e. The molecule has 0 aromatic heterocycles. The van der Waals surface area contributed by atoms with Crippen molar-refractivity contribution in [1.82, 2.24) is 0 Å². The zero-order valence-electron chi connectivity index (χ0n) is 11.1. The van der Waals surface area contributed by atoms with E-state index in [4.69, 9.17) is 10.5 Å². The van der Waals surface area contributed by atoms with Crippen LogP contribution in [0.4, 0.5) is 0 Å². The summed E-state index contributed by atoms with van der Waals surface area (Å²) in [5, 5.41) is 0. The molecule has 0 heterocycles. The second-order valence-corrected chi connectivity index (χ2v) is 4.70. The van der Waals surface area contributed by atoms with Gasteiger partial charge in [-0.2, -0.15) is 0 Å². The van der Waals surface area contributed by atoms with E-state index in [2.05, 4.69) is 38.1 Å². The van der Waals surface area contributed by atoms with Crippen molar-refractivity contribution in [3.05, 3.63) is 35.4 Å². The highest BCUT2D eigenvalue weighted by molar-refractivity contribution is 5.22. The third kappa shape index (κ3) is 5.85. The van der Waals surface area contributed by atoms with E-state index in [-0.39, 0.29) is 0 Å². The van der Waals surface area contributed by atoms with Gasteiger partial charge in [-0.05, 0) is 44.2 Å². The molecule has 17 heavy (non-hydrogen) atoms. The van der Waals surface area contributed by atoms with Crippen molar-refractivity contribution < 1.29 is 4.74 Å². The number of aryl methyl sites for hydroxylation is 1. The molecule has 0 spiro atoms. The zero-order chi connectivity index (χ0) is 12.5. The van der Waals surface area contributed by atoms with Gasteiger partial charge in [-0.15, -0.1) is 0 Å². The van der Waals surface area contributed by atoms with Crippen molar-refractivity contribution in [3.63, 3.8) is 0 Å². The van der Waals surface area contributed by atoms with E-state index in [1.54, 1.807) is 0 Å². The van der Waals surface area contributed by atoms with Gasteiger partial charge in [-0.3, -0.25) is 0 Å². The summed E-state index contributed by atoms with van der Waals surface area (Å²) in [6.45, 7) is 6.70. The minimum absolute atomic E-state index is 0.536. The summed E-state index contributed by atoms with van der Waals surface area (Å²) in [6.07, 6.45) is 3.21. The Morgan fingerprint density at radius 1 is 1.29 bits per heavy atom. The average molecular weight is 235 g/mol. The van der Waals surface area contributed by atoms with Crippen LogP contribution in [0.15, 0.2) is 24.3 Å². The van der Waals surface area contributed by atoms with Crippen LogP contribution in [0, 0.1) is 12.8 Å². The number of rotatable bonds is 8. The Labute approximate surface area is 105 Å². The monoisotopic (exact) mass is 235 g/mol. The summed E-state index contributed by atoms with van der Waals surface area (Å²) in [4.78, 5) is 0. The van der Waals surface area contributed by atoms with Crippen LogP contribution in [0.1, 0.15) is 30.9 Å². The molecule has 96 valence electrons. The van der Waals surface area contributed by atoms with Crippen LogP contribution in [0.5, 0.6) is 0 Å². The number of hydrogen-bond acceptors (Lipinski definition) is 2. The molecule has 0 aliphatic rings. The minimum Gasteiger partial charge on any atom is -0.381 e. The number of hydrogen-bond donors (Lipinski definition) is 1. The van der Waals surface area contributed by atoms with E-state index >= 15 is 0 Å². The topological polar surface area (TPSA) is 35.2 Å². The quantitative estimate of drug-likeness (QED) is 0.703. The van der Waals surface area contributed by atoms with E-state index in [0.717, 1.165) is 39.0 Å². The number of benzene rings is 1. The lowest BCUT2D eigenvalue weighted by atomic mass is 9.96. The van der Waals surface area contributed by atoms with Gasteiger partial charge in [-0.25, -0.2) is 0 Å². The van der Waals surface area contributed by atoms with E-state index in [1.165, 1.54) is 11.1 Å². The first kappa shape index (κ1) is 14.2. The Kier molecular flexibility index (Phi) is 6.90. The maximum atomic E-state index is 5.82. The predicted molar refractivity (Wildman–Crippen MR) is 73.2 cm³/mol. The Balaban J connectivity index is 2.35. The molecule has 1 unspecified atom stereocenters. The number of ether oxygens (including phenoxy) is 1. The van der Waals surface area contributed by atoms with Crippen LogP contribution in [0.25, 0.3) is 0 Å². The highest BCUT2D eigenvalue weighted by Gasteiger charge is 2.07. The average Bonchev–Trinajstić information content (AvgIpc) is 2.33.